The zero-order valence-electron chi connectivity index (χ0n) is 6.90. The van der Waals surface area contributed by atoms with Gasteiger partial charge in [-0.15, -0.1) is 10.2 Å². The molecule has 6 heteroatoms. The fraction of sp³-hybridized carbons (Fsp3) is 0.500. The van der Waals surface area contributed by atoms with Crippen LogP contribution in [0.2, 0.25) is 0 Å². The molecule has 6 nitrogen and oxygen atoms in total. The van der Waals surface area contributed by atoms with Crippen LogP contribution < -0.4 is 5.32 Å². The van der Waals surface area contributed by atoms with Crippen molar-refractivity contribution in [3.63, 3.8) is 0 Å². The zero-order valence-corrected chi connectivity index (χ0v) is 6.90. The van der Waals surface area contributed by atoms with Crippen molar-refractivity contribution < 1.29 is 9.90 Å². The van der Waals surface area contributed by atoms with Crippen molar-refractivity contribution in [2.45, 2.75) is 13.5 Å². The van der Waals surface area contributed by atoms with Gasteiger partial charge in [0.2, 0.25) is 11.8 Å². The van der Waals surface area contributed by atoms with Crippen molar-refractivity contribution in [2.75, 3.05) is 12.4 Å². The van der Waals surface area contributed by atoms with Gasteiger partial charge in [-0.2, -0.15) is 0 Å². The normalized spacial score (nSPS) is 9.83. The number of aromatic nitrogens is 3. The Bertz CT molecular complexity index is 294. The van der Waals surface area contributed by atoms with Crippen molar-refractivity contribution in [2.24, 2.45) is 0 Å². The number of anilines is 1. The van der Waals surface area contributed by atoms with E-state index in [0.29, 0.717) is 12.5 Å². The molecule has 0 bridgehead atoms. The van der Waals surface area contributed by atoms with Crippen LogP contribution in [0.25, 0.3) is 0 Å². The van der Waals surface area contributed by atoms with E-state index < -0.39 is 5.97 Å². The van der Waals surface area contributed by atoms with Gasteiger partial charge in [-0.3, -0.25) is 4.57 Å². The van der Waals surface area contributed by atoms with Gasteiger partial charge < -0.3 is 10.4 Å². The van der Waals surface area contributed by atoms with E-state index in [1.807, 2.05) is 6.92 Å². The van der Waals surface area contributed by atoms with Gasteiger partial charge >= 0.3 is 5.97 Å². The predicted molar refractivity (Wildman–Crippen MR) is 42.2 cm³/mol. The minimum atomic E-state index is -1.06. The molecule has 1 heterocycles. The van der Waals surface area contributed by atoms with Crippen molar-refractivity contribution in [3.05, 3.63) is 5.82 Å². The average Bonchev–Trinajstić information content (AvgIpc) is 2.46. The first-order chi connectivity index (χ1) is 5.70. The van der Waals surface area contributed by atoms with E-state index in [1.54, 1.807) is 7.05 Å². The van der Waals surface area contributed by atoms with Gasteiger partial charge in [-0.1, -0.05) is 0 Å². The maximum Gasteiger partial charge on any atom is 0.374 e. The maximum atomic E-state index is 10.6. The molecule has 0 saturated carbocycles. The van der Waals surface area contributed by atoms with E-state index in [1.165, 1.54) is 4.57 Å². The summed E-state index contributed by atoms with van der Waals surface area (Å²) in [7, 11) is 1.67. The van der Waals surface area contributed by atoms with Gasteiger partial charge in [0, 0.05) is 13.6 Å². The summed E-state index contributed by atoms with van der Waals surface area (Å²) in [6, 6.07) is 0. The summed E-state index contributed by atoms with van der Waals surface area (Å²) >= 11 is 0. The van der Waals surface area contributed by atoms with Gasteiger partial charge in [0.1, 0.15) is 0 Å². The summed E-state index contributed by atoms with van der Waals surface area (Å²) in [5, 5.41) is 18.6. The second kappa shape index (κ2) is 3.21. The minimum Gasteiger partial charge on any atom is -0.475 e. The van der Waals surface area contributed by atoms with E-state index in [-0.39, 0.29) is 5.82 Å². The standard InChI is InChI=1S/C6H10N4O2/c1-3-10-4(5(11)12)8-9-6(10)7-2/h3H2,1-2H3,(H,7,9)(H,11,12). The third kappa shape index (κ3) is 1.23. The van der Waals surface area contributed by atoms with Crippen LogP contribution in [-0.2, 0) is 6.54 Å². The smallest absolute Gasteiger partial charge is 0.374 e. The summed E-state index contributed by atoms with van der Waals surface area (Å²) in [5.41, 5.74) is 0. The molecule has 0 amide bonds. The number of nitrogens with one attached hydrogen (secondary N) is 1. The quantitative estimate of drug-likeness (QED) is 0.669. The number of hydrogen-bond acceptors (Lipinski definition) is 4. The first kappa shape index (κ1) is 8.51. The monoisotopic (exact) mass is 170 g/mol. The average molecular weight is 170 g/mol. The molecule has 0 spiro atoms. The van der Waals surface area contributed by atoms with Gasteiger partial charge in [-0.25, -0.2) is 4.79 Å². The van der Waals surface area contributed by atoms with Crippen LogP contribution in [0.4, 0.5) is 5.95 Å². The van der Waals surface area contributed by atoms with E-state index in [0.717, 1.165) is 0 Å². The summed E-state index contributed by atoms with van der Waals surface area (Å²) in [6.45, 7) is 2.36. The Kier molecular flexibility index (Phi) is 2.27. The third-order valence-corrected chi connectivity index (χ3v) is 1.48. The van der Waals surface area contributed by atoms with Crippen molar-refractivity contribution >= 4 is 11.9 Å². The first-order valence-corrected chi connectivity index (χ1v) is 3.55. The molecule has 0 radical (unpaired) electrons. The molecule has 1 aromatic heterocycles. The highest BCUT2D eigenvalue weighted by Gasteiger charge is 2.14. The Labute approximate surface area is 69.2 Å². The molecular weight excluding hydrogens is 160 g/mol. The number of carbonyl (C=O) groups is 1. The van der Waals surface area contributed by atoms with Crippen LogP contribution in [0.5, 0.6) is 0 Å². The third-order valence-electron chi connectivity index (χ3n) is 1.48. The second-order valence-corrected chi connectivity index (χ2v) is 2.15. The van der Waals surface area contributed by atoms with Crippen LogP contribution in [0.15, 0.2) is 0 Å². The predicted octanol–water partition coefficient (Wildman–Crippen LogP) is 0.0379. The molecule has 1 aromatic rings. The number of carboxylic acid groups (broad SMARTS) is 1. The molecule has 0 atom stereocenters. The Morgan fingerprint density at radius 1 is 1.67 bits per heavy atom. The number of hydrogen-bond donors (Lipinski definition) is 2. The molecule has 2 N–H and O–H groups in total. The van der Waals surface area contributed by atoms with Crippen LogP contribution in [0.1, 0.15) is 17.5 Å². The summed E-state index contributed by atoms with van der Waals surface area (Å²) in [6.07, 6.45) is 0. The molecule has 0 aromatic carbocycles. The van der Waals surface area contributed by atoms with E-state index in [4.69, 9.17) is 5.11 Å². The maximum absolute atomic E-state index is 10.6. The topological polar surface area (TPSA) is 80.0 Å². The second-order valence-electron chi connectivity index (χ2n) is 2.15. The Hall–Kier alpha value is -1.59. The van der Waals surface area contributed by atoms with Gasteiger partial charge in [0.05, 0.1) is 0 Å². The van der Waals surface area contributed by atoms with Gasteiger partial charge in [-0.05, 0) is 6.92 Å². The Morgan fingerprint density at radius 2 is 2.33 bits per heavy atom. The number of nitrogens with zero attached hydrogens (tertiary/aromatic N) is 3. The number of aromatic carboxylic acids is 1. The molecule has 66 valence electrons. The van der Waals surface area contributed by atoms with Crippen molar-refractivity contribution in [1.29, 1.82) is 0 Å². The lowest BCUT2D eigenvalue weighted by Crippen LogP contribution is -2.10. The molecule has 0 saturated heterocycles. The van der Waals surface area contributed by atoms with Crippen LogP contribution >= 0.6 is 0 Å². The van der Waals surface area contributed by atoms with Gasteiger partial charge in [0.25, 0.3) is 0 Å². The minimum absolute atomic E-state index is 0.0400. The first-order valence-electron chi connectivity index (χ1n) is 3.55. The lowest BCUT2D eigenvalue weighted by atomic mass is 10.5. The number of carboxylic acids is 1. The molecular formula is C6H10N4O2. The summed E-state index contributed by atoms with van der Waals surface area (Å²) in [5.74, 6) is -0.636. The Morgan fingerprint density at radius 3 is 2.75 bits per heavy atom. The van der Waals surface area contributed by atoms with Crippen LogP contribution in [0.3, 0.4) is 0 Å². The van der Waals surface area contributed by atoms with E-state index >= 15 is 0 Å². The van der Waals surface area contributed by atoms with Gasteiger partial charge in [0.15, 0.2) is 0 Å². The van der Waals surface area contributed by atoms with Crippen molar-refractivity contribution in [1.82, 2.24) is 14.8 Å². The van der Waals surface area contributed by atoms with Crippen LogP contribution in [-0.4, -0.2) is 32.9 Å². The van der Waals surface area contributed by atoms with Crippen molar-refractivity contribution in [3.8, 4) is 0 Å². The molecule has 0 unspecified atom stereocenters. The summed E-state index contributed by atoms with van der Waals surface area (Å²) in [4.78, 5) is 10.6. The molecule has 0 fully saturated rings. The number of rotatable bonds is 3. The highest BCUT2D eigenvalue weighted by molar-refractivity contribution is 5.83. The van der Waals surface area contributed by atoms with E-state index in [2.05, 4.69) is 15.5 Å². The lowest BCUT2D eigenvalue weighted by molar-refractivity contribution is 0.0678. The van der Waals surface area contributed by atoms with E-state index in [9.17, 15) is 4.79 Å². The molecule has 12 heavy (non-hydrogen) atoms. The lowest BCUT2D eigenvalue weighted by Gasteiger charge is -2.02. The molecule has 0 aliphatic rings. The molecule has 0 aliphatic heterocycles. The summed E-state index contributed by atoms with van der Waals surface area (Å²) < 4.78 is 1.49. The Balaban J connectivity index is 3.13. The van der Waals surface area contributed by atoms with Crippen LogP contribution in [0, 0.1) is 0 Å². The molecule has 0 aliphatic carbocycles. The fourth-order valence-electron chi connectivity index (χ4n) is 0.946. The molecule has 1 rings (SSSR count). The SMILES string of the molecule is CCn1c(NC)nnc1C(=O)O. The largest absolute Gasteiger partial charge is 0.475 e. The highest BCUT2D eigenvalue weighted by atomic mass is 16.4. The zero-order chi connectivity index (χ0) is 9.14. The fourth-order valence-corrected chi connectivity index (χ4v) is 0.946. The highest BCUT2D eigenvalue weighted by Crippen LogP contribution is 2.05.